The number of urea groups is 1. The Kier molecular flexibility index (Phi) is 7.22. The Hall–Kier alpha value is -1.56. The van der Waals surface area contributed by atoms with Crippen LogP contribution in [0.1, 0.15) is 38.1 Å². The molecule has 1 rings (SSSR count). The second-order valence-corrected chi connectivity index (χ2v) is 5.77. The SMILES string of the molecule is Cc1cc(C)n(CCCNC(=O)NC(CCO)C(C)C)n1. The average molecular weight is 296 g/mol. The smallest absolute Gasteiger partial charge is 0.315 e. The molecule has 21 heavy (non-hydrogen) atoms. The van der Waals surface area contributed by atoms with E-state index in [9.17, 15) is 4.79 Å². The minimum Gasteiger partial charge on any atom is -0.396 e. The molecule has 1 aromatic heterocycles. The number of aryl methyl sites for hydroxylation is 3. The molecule has 0 radical (unpaired) electrons. The fourth-order valence-corrected chi connectivity index (χ4v) is 2.26. The third-order valence-electron chi connectivity index (χ3n) is 3.50. The van der Waals surface area contributed by atoms with Crippen molar-refractivity contribution >= 4 is 6.03 Å². The maximum absolute atomic E-state index is 11.8. The lowest BCUT2D eigenvalue weighted by molar-refractivity contribution is 0.218. The van der Waals surface area contributed by atoms with Gasteiger partial charge in [0.2, 0.25) is 0 Å². The van der Waals surface area contributed by atoms with Crippen molar-refractivity contribution in [3.8, 4) is 0 Å². The Labute approximate surface area is 126 Å². The quantitative estimate of drug-likeness (QED) is 0.637. The number of nitrogens with one attached hydrogen (secondary N) is 2. The van der Waals surface area contributed by atoms with Gasteiger partial charge in [-0.3, -0.25) is 4.68 Å². The van der Waals surface area contributed by atoms with E-state index in [0.29, 0.717) is 18.9 Å². The molecular weight excluding hydrogens is 268 g/mol. The second-order valence-electron chi connectivity index (χ2n) is 5.77. The van der Waals surface area contributed by atoms with Crippen molar-refractivity contribution < 1.29 is 9.90 Å². The van der Waals surface area contributed by atoms with Crippen LogP contribution in [0.4, 0.5) is 4.79 Å². The lowest BCUT2D eigenvalue weighted by atomic mass is 10.0. The highest BCUT2D eigenvalue weighted by molar-refractivity contribution is 5.74. The Balaban J connectivity index is 2.25. The van der Waals surface area contributed by atoms with Crippen LogP contribution in [0.15, 0.2) is 6.07 Å². The summed E-state index contributed by atoms with van der Waals surface area (Å²) in [5, 5.41) is 19.1. The summed E-state index contributed by atoms with van der Waals surface area (Å²) < 4.78 is 1.96. The van der Waals surface area contributed by atoms with Gasteiger partial charge in [0.15, 0.2) is 0 Å². The highest BCUT2D eigenvalue weighted by Crippen LogP contribution is 2.05. The summed E-state index contributed by atoms with van der Waals surface area (Å²) in [6.07, 6.45) is 1.42. The predicted molar refractivity (Wildman–Crippen MR) is 83.2 cm³/mol. The van der Waals surface area contributed by atoms with Gasteiger partial charge in [-0.25, -0.2) is 4.79 Å². The van der Waals surface area contributed by atoms with Crippen LogP contribution in [0, 0.1) is 19.8 Å². The third kappa shape index (κ3) is 6.16. The van der Waals surface area contributed by atoms with Crippen molar-refractivity contribution in [3.63, 3.8) is 0 Å². The molecule has 1 atom stereocenters. The monoisotopic (exact) mass is 296 g/mol. The number of rotatable bonds is 8. The van der Waals surface area contributed by atoms with Gasteiger partial charge in [0, 0.05) is 31.4 Å². The number of nitrogens with zero attached hydrogens (tertiary/aromatic N) is 2. The maximum atomic E-state index is 11.8. The Morgan fingerprint density at radius 2 is 2.14 bits per heavy atom. The molecule has 2 amide bonds. The van der Waals surface area contributed by atoms with Crippen molar-refractivity contribution in [1.29, 1.82) is 0 Å². The van der Waals surface area contributed by atoms with Crippen molar-refractivity contribution in [3.05, 3.63) is 17.5 Å². The number of aliphatic hydroxyl groups is 1. The van der Waals surface area contributed by atoms with E-state index in [0.717, 1.165) is 24.4 Å². The zero-order valence-corrected chi connectivity index (χ0v) is 13.5. The number of aromatic nitrogens is 2. The lowest BCUT2D eigenvalue weighted by Crippen LogP contribution is -2.45. The highest BCUT2D eigenvalue weighted by Gasteiger charge is 2.15. The molecule has 0 aliphatic rings. The topological polar surface area (TPSA) is 79.2 Å². The van der Waals surface area contributed by atoms with Gasteiger partial charge in [-0.15, -0.1) is 0 Å². The van der Waals surface area contributed by atoms with Crippen LogP contribution >= 0.6 is 0 Å². The first-order valence-electron chi connectivity index (χ1n) is 7.60. The van der Waals surface area contributed by atoms with Crippen LogP contribution in [0.5, 0.6) is 0 Å². The van der Waals surface area contributed by atoms with Crippen LogP contribution in [0.25, 0.3) is 0 Å². The van der Waals surface area contributed by atoms with E-state index in [1.54, 1.807) is 0 Å². The minimum atomic E-state index is -0.171. The van der Waals surface area contributed by atoms with Crippen LogP contribution in [0.2, 0.25) is 0 Å². The van der Waals surface area contributed by atoms with E-state index in [1.165, 1.54) is 0 Å². The van der Waals surface area contributed by atoms with E-state index in [4.69, 9.17) is 5.11 Å². The number of carbonyl (C=O) groups excluding carboxylic acids is 1. The average Bonchev–Trinajstić information content (AvgIpc) is 2.72. The van der Waals surface area contributed by atoms with Gasteiger partial charge in [-0.1, -0.05) is 13.8 Å². The van der Waals surface area contributed by atoms with Gasteiger partial charge in [-0.05, 0) is 38.7 Å². The molecule has 3 N–H and O–H groups in total. The van der Waals surface area contributed by atoms with Crippen LogP contribution in [0.3, 0.4) is 0 Å². The molecule has 0 spiro atoms. The predicted octanol–water partition coefficient (Wildman–Crippen LogP) is 1.60. The van der Waals surface area contributed by atoms with Crippen LogP contribution in [-0.2, 0) is 6.54 Å². The van der Waals surface area contributed by atoms with Crippen molar-refractivity contribution in [2.75, 3.05) is 13.2 Å². The minimum absolute atomic E-state index is 0.00556. The molecule has 1 heterocycles. The fourth-order valence-electron chi connectivity index (χ4n) is 2.26. The van der Waals surface area contributed by atoms with Gasteiger partial charge in [0.1, 0.15) is 0 Å². The molecule has 6 heteroatoms. The second kappa shape index (κ2) is 8.67. The summed E-state index contributed by atoms with van der Waals surface area (Å²) in [4.78, 5) is 11.8. The zero-order chi connectivity index (χ0) is 15.8. The molecule has 6 nitrogen and oxygen atoms in total. The molecule has 0 saturated heterocycles. The summed E-state index contributed by atoms with van der Waals surface area (Å²) in [6.45, 7) is 9.55. The standard InChI is InChI=1S/C15H28N4O2/c1-11(2)14(6-9-20)17-15(21)16-7-5-8-19-13(4)10-12(3)18-19/h10-11,14,20H,5-9H2,1-4H3,(H2,16,17,21). The van der Waals surface area contributed by atoms with Crippen LogP contribution < -0.4 is 10.6 Å². The molecule has 120 valence electrons. The fraction of sp³-hybridized carbons (Fsp3) is 0.733. The summed E-state index contributed by atoms with van der Waals surface area (Å²) in [5.41, 5.74) is 2.15. The van der Waals surface area contributed by atoms with Gasteiger partial charge in [0.05, 0.1) is 5.69 Å². The number of aliphatic hydroxyl groups excluding tert-OH is 1. The van der Waals surface area contributed by atoms with Crippen molar-refractivity contribution in [1.82, 2.24) is 20.4 Å². The maximum Gasteiger partial charge on any atom is 0.315 e. The Bertz CT molecular complexity index is 443. The molecular formula is C15H28N4O2. The van der Waals surface area contributed by atoms with Gasteiger partial charge in [-0.2, -0.15) is 5.10 Å². The van der Waals surface area contributed by atoms with Crippen molar-refractivity contribution in [2.45, 2.75) is 53.1 Å². The molecule has 0 fully saturated rings. The van der Waals surface area contributed by atoms with E-state index in [-0.39, 0.29) is 18.7 Å². The number of hydrogen-bond acceptors (Lipinski definition) is 3. The summed E-state index contributed by atoms with van der Waals surface area (Å²) >= 11 is 0. The van der Waals surface area contributed by atoms with Crippen LogP contribution in [-0.4, -0.2) is 40.1 Å². The van der Waals surface area contributed by atoms with Gasteiger partial charge in [0.25, 0.3) is 0 Å². The van der Waals surface area contributed by atoms with E-state index < -0.39 is 0 Å². The summed E-state index contributed by atoms with van der Waals surface area (Å²) in [6, 6.07) is 1.88. The normalized spacial score (nSPS) is 12.5. The van der Waals surface area contributed by atoms with E-state index in [1.807, 2.05) is 38.4 Å². The largest absolute Gasteiger partial charge is 0.396 e. The molecule has 0 aromatic carbocycles. The van der Waals surface area contributed by atoms with Gasteiger partial charge >= 0.3 is 6.03 Å². The Morgan fingerprint density at radius 1 is 1.43 bits per heavy atom. The number of hydrogen-bond donors (Lipinski definition) is 3. The zero-order valence-electron chi connectivity index (χ0n) is 13.5. The first-order chi connectivity index (χ1) is 9.93. The molecule has 0 aliphatic carbocycles. The molecule has 1 unspecified atom stereocenters. The summed E-state index contributed by atoms with van der Waals surface area (Å²) in [7, 11) is 0. The van der Waals surface area contributed by atoms with Gasteiger partial charge < -0.3 is 15.7 Å². The van der Waals surface area contributed by atoms with E-state index >= 15 is 0 Å². The van der Waals surface area contributed by atoms with E-state index in [2.05, 4.69) is 15.7 Å². The molecule has 0 aliphatic heterocycles. The molecule has 1 aromatic rings. The first-order valence-corrected chi connectivity index (χ1v) is 7.60. The molecule has 0 bridgehead atoms. The molecule has 0 saturated carbocycles. The number of amides is 2. The Morgan fingerprint density at radius 3 is 2.67 bits per heavy atom. The first kappa shape index (κ1) is 17.5. The number of carbonyl (C=O) groups is 1. The summed E-state index contributed by atoms with van der Waals surface area (Å²) in [5.74, 6) is 0.303. The highest BCUT2D eigenvalue weighted by atomic mass is 16.3. The lowest BCUT2D eigenvalue weighted by Gasteiger charge is -2.21. The third-order valence-corrected chi connectivity index (χ3v) is 3.50. The van der Waals surface area contributed by atoms with Crippen molar-refractivity contribution in [2.24, 2.45) is 5.92 Å².